The molecule has 1 nitrogen and oxygen atoms in total. The summed E-state index contributed by atoms with van der Waals surface area (Å²) in [6.07, 6.45) is 13.6. The maximum atomic E-state index is 2.29. The van der Waals surface area contributed by atoms with Crippen molar-refractivity contribution < 1.29 is 4.57 Å². The van der Waals surface area contributed by atoms with Gasteiger partial charge in [-0.3, -0.25) is 0 Å². The Hall–Kier alpha value is -1.37. The maximum absolute atomic E-state index is 2.29. The summed E-state index contributed by atoms with van der Waals surface area (Å²) in [5.74, 6) is 0. The van der Waals surface area contributed by atoms with E-state index in [4.69, 9.17) is 0 Å². The zero-order chi connectivity index (χ0) is 12.5. The van der Waals surface area contributed by atoms with E-state index >= 15 is 0 Å². The highest BCUT2D eigenvalue weighted by molar-refractivity contribution is 5.43. The first kappa shape index (κ1) is 13.7. The van der Waals surface area contributed by atoms with Crippen molar-refractivity contribution in [2.75, 3.05) is 0 Å². The number of allylic oxidation sites excluding steroid dienone is 3. The van der Waals surface area contributed by atoms with Gasteiger partial charge in [0.15, 0.2) is 11.9 Å². The molecule has 1 heteroatoms. The van der Waals surface area contributed by atoms with Crippen molar-refractivity contribution in [3.63, 3.8) is 0 Å². The Labute approximate surface area is 105 Å². The second-order valence-corrected chi connectivity index (χ2v) is 4.23. The van der Waals surface area contributed by atoms with Crippen LogP contribution in [0.15, 0.2) is 36.5 Å². The summed E-state index contributed by atoms with van der Waals surface area (Å²) in [7, 11) is 0. The summed E-state index contributed by atoms with van der Waals surface area (Å²) < 4.78 is 2.29. The van der Waals surface area contributed by atoms with E-state index in [0.717, 1.165) is 6.42 Å². The lowest BCUT2D eigenvalue weighted by Gasteiger charge is -2.03. The summed E-state index contributed by atoms with van der Waals surface area (Å²) in [4.78, 5) is 0. The van der Waals surface area contributed by atoms with Gasteiger partial charge in [-0.2, -0.15) is 4.57 Å². The zero-order valence-corrected chi connectivity index (χ0v) is 11.3. The van der Waals surface area contributed by atoms with Crippen LogP contribution < -0.4 is 4.57 Å². The molecule has 17 heavy (non-hydrogen) atoms. The Morgan fingerprint density at radius 1 is 1.24 bits per heavy atom. The number of unbranched alkanes of at least 4 members (excludes halogenated alkanes) is 2. The van der Waals surface area contributed by atoms with Gasteiger partial charge in [0.2, 0.25) is 5.69 Å². The number of hydrogen-bond donors (Lipinski definition) is 0. The smallest absolute Gasteiger partial charge is 0.165 e. The van der Waals surface area contributed by atoms with Gasteiger partial charge in [0.1, 0.15) is 0 Å². The first-order valence-corrected chi connectivity index (χ1v) is 6.62. The van der Waals surface area contributed by atoms with Gasteiger partial charge in [0.05, 0.1) is 0 Å². The third kappa shape index (κ3) is 4.18. The van der Waals surface area contributed by atoms with Crippen LogP contribution in [0.5, 0.6) is 0 Å². The van der Waals surface area contributed by atoms with Crippen LogP contribution >= 0.6 is 0 Å². The minimum Gasteiger partial charge on any atom is -0.165 e. The lowest BCUT2D eigenvalue weighted by atomic mass is 10.1. The van der Waals surface area contributed by atoms with E-state index in [9.17, 15) is 0 Å². The van der Waals surface area contributed by atoms with E-state index in [0.29, 0.717) is 0 Å². The van der Waals surface area contributed by atoms with Crippen molar-refractivity contribution in [2.24, 2.45) is 0 Å². The molecule has 0 amide bonds. The molecular formula is C16H24N+. The van der Waals surface area contributed by atoms with E-state index in [-0.39, 0.29) is 0 Å². The molecule has 0 aliphatic rings. The van der Waals surface area contributed by atoms with E-state index in [1.807, 2.05) is 0 Å². The number of hydrogen-bond acceptors (Lipinski definition) is 0. The molecule has 0 fully saturated rings. The molecule has 0 aliphatic carbocycles. The van der Waals surface area contributed by atoms with Crippen LogP contribution in [0.1, 0.15) is 52.1 Å². The molecule has 92 valence electrons. The lowest BCUT2D eigenvalue weighted by Crippen LogP contribution is -2.35. The Morgan fingerprint density at radius 3 is 2.71 bits per heavy atom. The number of pyridine rings is 1. The number of aromatic nitrogens is 1. The SMILES string of the molecule is CC=Cc1cccc[n+]1C(=CC)CCCCC. The van der Waals surface area contributed by atoms with Crippen LogP contribution in [0.3, 0.4) is 0 Å². The van der Waals surface area contributed by atoms with Gasteiger partial charge in [-0.1, -0.05) is 25.8 Å². The summed E-state index contributed by atoms with van der Waals surface area (Å²) in [5, 5.41) is 0. The second kappa shape index (κ2) is 7.83. The molecule has 0 aliphatic heterocycles. The standard InChI is InChI=1S/C16H24N/c1-4-7-8-12-15(6-3)17-14-10-9-13-16(17)11-5-2/h5-6,9-11,13-14H,4,7-8,12H2,1-3H3/q+1. The van der Waals surface area contributed by atoms with Gasteiger partial charge in [-0.15, -0.1) is 0 Å². The third-order valence-corrected chi connectivity index (χ3v) is 2.91. The summed E-state index contributed by atoms with van der Waals surface area (Å²) in [6, 6.07) is 6.34. The lowest BCUT2D eigenvalue weighted by molar-refractivity contribution is -0.585. The van der Waals surface area contributed by atoms with Crippen molar-refractivity contribution >= 4 is 11.8 Å². The molecule has 0 spiro atoms. The predicted octanol–water partition coefficient (Wildman–Crippen LogP) is 4.45. The largest absolute Gasteiger partial charge is 0.210 e. The molecule has 1 aromatic heterocycles. The van der Waals surface area contributed by atoms with Gasteiger partial charge in [0, 0.05) is 24.6 Å². The average Bonchev–Trinajstić information content (AvgIpc) is 2.36. The molecule has 0 radical (unpaired) electrons. The van der Waals surface area contributed by atoms with Crippen molar-refractivity contribution in [1.29, 1.82) is 0 Å². The first-order valence-electron chi connectivity index (χ1n) is 6.62. The molecular weight excluding hydrogens is 206 g/mol. The fourth-order valence-electron chi connectivity index (χ4n) is 1.98. The van der Waals surface area contributed by atoms with E-state index in [1.54, 1.807) is 0 Å². The number of rotatable bonds is 6. The summed E-state index contributed by atoms with van der Waals surface area (Å²) in [6.45, 7) is 6.43. The minimum atomic E-state index is 1.16. The molecule has 0 N–H and O–H groups in total. The van der Waals surface area contributed by atoms with Gasteiger partial charge in [0.25, 0.3) is 0 Å². The van der Waals surface area contributed by atoms with Crippen LogP contribution in [-0.4, -0.2) is 0 Å². The Kier molecular flexibility index (Phi) is 6.31. The highest BCUT2D eigenvalue weighted by atomic mass is 15.0. The van der Waals surface area contributed by atoms with Crippen molar-refractivity contribution in [2.45, 2.75) is 46.5 Å². The summed E-state index contributed by atoms with van der Waals surface area (Å²) in [5.41, 5.74) is 2.65. The fraction of sp³-hybridized carbons (Fsp3) is 0.438. The topological polar surface area (TPSA) is 3.88 Å². The maximum Gasteiger partial charge on any atom is 0.210 e. The Balaban J connectivity index is 2.88. The normalized spacial score (nSPS) is 12.3. The van der Waals surface area contributed by atoms with Gasteiger partial charge < -0.3 is 0 Å². The molecule has 0 bridgehead atoms. The molecule has 1 aromatic rings. The number of nitrogens with zero attached hydrogens (tertiary/aromatic N) is 1. The quantitative estimate of drug-likeness (QED) is 0.502. The highest BCUT2D eigenvalue weighted by Gasteiger charge is 2.12. The van der Waals surface area contributed by atoms with Crippen molar-refractivity contribution in [3.8, 4) is 0 Å². The molecule has 0 saturated heterocycles. The second-order valence-electron chi connectivity index (χ2n) is 4.23. The molecule has 0 unspecified atom stereocenters. The molecule has 0 atom stereocenters. The monoisotopic (exact) mass is 230 g/mol. The zero-order valence-electron chi connectivity index (χ0n) is 11.3. The average molecular weight is 230 g/mol. The van der Waals surface area contributed by atoms with Crippen LogP contribution in [0.4, 0.5) is 0 Å². The third-order valence-electron chi connectivity index (χ3n) is 2.91. The van der Waals surface area contributed by atoms with Crippen molar-refractivity contribution in [3.05, 3.63) is 42.2 Å². The molecule has 1 rings (SSSR count). The fourth-order valence-corrected chi connectivity index (χ4v) is 1.98. The van der Waals surface area contributed by atoms with Crippen molar-refractivity contribution in [1.82, 2.24) is 0 Å². The Bertz CT molecular complexity index is 388. The molecule has 0 saturated carbocycles. The molecule has 1 heterocycles. The van der Waals surface area contributed by atoms with Crippen LogP contribution in [0, 0.1) is 0 Å². The van der Waals surface area contributed by atoms with Gasteiger partial charge >= 0.3 is 0 Å². The first-order chi connectivity index (χ1) is 8.33. The van der Waals surface area contributed by atoms with E-state index in [1.165, 1.54) is 30.7 Å². The van der Waals surface area contributed by atoms with E-state index < -0.39 is 0 Å². The van der Waals surface area contributed by atoms with Crippen LogP contribution in [0.25, 0.3) is 11.8 Å². The predicted molar refractivity (Wildman–Crippen MR) is 75.4 cm³/mol. The Morgan fingerprint density at radius 2 is 2.06 bits per heavy atom. The summed E-state index contributed by atoms with van der Waals surface area (Å²) >= 11 is 0. The van der Waals surface area contributed by atoms with Crippen LogP contribution in [-0.2, 0) is 0 Å². The minimum absolute atomic E-state index is 1.16. The van der Waals surface area contributed by atoms with E-state index in [2.05, 4.69) is 68.0 Å². The highest BCUT2D eigenvalue weighted by Crippen LogP contribution is 2.10. The molecule has 0 aromatic carbocycles. The van der Waals surface area contributed by atoms with Crippen LogP contribution in [0.2, 0.25) is 0 Å². The van der Waals surface area contributed by atoms with Gasteiger partial charge in [-0.25, -0.2) is 0 Å². The van der Waals surface area contributed by atoms with Gasteiger partial charge in [-0.05, 0) is 32.4 Å².